The van der Waals surface area contributed by atoms with Gasteiger partial charge in [0.25, 0.3) is 0 Å². The largest absolute Gasteiger partial charge is 0.368 e. The summed E-state index contributed by atoms with van der Waals surface area (Å²) in [6.45, 7) is 1.16. The average molecular weight is 436 g/mol. The Hall–Kier alpha value is -3.47. The first kappa shape index (κ1) is 19.8. The van der Waals surface area contributed by atoms with Crippen molar-refractivity contribution in [3.8, 4) is 17.5 Å². The molecule has 7 nitrogen and oxygen atoms in total. The molecule has 0 bridgehead atoms. The molecule has 0 spiro atoms. The van der Waals surface area contributed by atoms with Gasteiger partial charge in [0, 0.05) is 29.1 Å². The van der Waals surface area contributed by atoms with Crippen molar-refractivity contribution in [1.29, 1.82) is 5.26 Å². The first-order valence-electron chi connectivity index (χ1n) is 9.06. The molecule has 9 heteroatoms. The van der Waals surface area contributed by atoms with Crippen LogP contribution in [0.5, 0.6) is 0 Å². The molecular weight excluding hydrogens is 421 g/mol. The Kier molecular flexibility index (Phi) is 5.89. The van der Waals surface area contributed by atoms with Gasteiger partial charge in [0.2, 0.25) is 0 Å². The Morgan fingerprint density at radius 3 is 2.53 bits per heavy atom. The summed E-state index contributed by atoms with van der Waals surface area (Å²) < 4.78 is 0. The molecule has 0 amide bonds. The highest BCUT2D eigenvalue weighted by molar-refractivity contribution is 6.36. The summed E-state index contributed by atoms with van der Waals surface area (Å²) in [6.07, 6.45) is 2.95. The Morgan fingerprint density at radius 2 is 1.77 bits per heavy atom. The number of nitrogens with one attached hydrogen (secondary N) is 2. The number of benzene rings is 2. The predicted octanol–water partition coefficient (Wildman–Crippen LogP) is 4.79. The van der Waals surface area contributed by atoms with Gasteiger partial charge in [-0.3, -0.25) is 0 Å². The Labute approximate surface area is 182 Å². The molecule has 4 rings (SSSR count). The molecule has 0 saturated heterocycles. The number of rotatable bonds is 6. The van der Waals surface area contributed by atoms with E-state index in [1.165, 1.54) is 12.4 Å². The quantitative estimate of drug-likeness (QED) is 0.419. The molecule has 30 heavy (non-hydrogen) atoms. The molecule has 0 aliphatic heterocycles. The first-order valence-corrected chi connectivity index (χ1v) is 9.82. The van der Waals surface area contributed by atoms with Gasteiger partial charge >= 0.3 is 0 Å². The highest BCUT2D eigenvalue weighted by Crippen LogP contribution is 2.31. The lowest BCUT2D eigenvalue weighted by Gasteiger charge is -2.12. The van der Waals surface area contributed by atoms with Crippen molar-refractivity contribution in [2.45, 2.75) is 0 Å². The molecule has 0 radical (unpaired) electrons. The van der Waals surface area contributed by atoms with Crippen LogP contribution in [0, 0.1) is 11.3 Å². The summed E-state index contributed by atoms with van der Waals surface area (Å²) in [5, 5.41) is 17.2. The molecule has 2 N–H and O–H groups in total. The van der Waals surface area contributed by atoms with Gasteiger partial charge < -0.3 is 10.6 Å². The van der Waals surface area contributed by atoms with Crippen LogP contribution in [0.15, 0.2) is 54.9 Å². The van der Waals surface area contributed by atoms with E-state index in [0.29, 0.717) is 46.2 Å². The van der Waals surface area contributed by atoms with Gasteiger partial charge in [0.05, 0.1) is 22.9 Å². The summed E-state index contributed by atoms with van der Waals surface area (Å²) >= 11 is 12.4. The minimum Gasteiger partial charge on any atom is -0.368 e. The van der Waals surface area contributed by atoms with Crippen LogP contribution >= 0.6 is 23.2 Å². The fourth-order valence-corrected chi connectivity index (χ4v) is 3.34. The van der Waals surface area contributed by atoms with Gasteiger partial charge in [-0.1, -0.05) is 35.3 Å². The highest BCUT2D eigenvalue weighted by Gasteiger charge is 2.12. The van der Waals surface area contributed by atoms with Crippen LogP contribution in [-0.4, -0.2) is 33.0 Å². The second-order valence-electron chi connectivity index (χ2n) is 6.29. The molecule has 0 fully saturated rings. The highest BCUT2D eigenvalue weighted by atomic mass is 35.5. The summed E-state index contributed by atoms with van der Waals surface area (Å²) in [5.74, 6) is 1.81. The van der Waals surface area contributed by atoms with Crippen LogP contribution < -0.4 is 10.6 Å². The zero-order valence-electron chi connectivity index (χ0n) is 15.6. The van der Waals surface area contributed by atoms with Crippen LogP contribution in [0.1, 0.15) is 5.69 Å². The molecule has 2 heterocycles. The zero-order valence-corrected chi connectivity index (χ0v) is 17.1. The fourth-order valence-electron chi connectivity index (χ4n) is 2.85. The topological polar surface area (TPSA) is 99.4 Å². The summed E-state index contributed by atoms with van der Waals surface area (Å²) in [6, 6.07) is 14.9. The van der Waals surface area contributed by atoms with Gasteiger partial charge in [0.1, 0.15) is 17.7 Å². The third-order valence-corrected chi connectivity index (χ3v) is 4.81. The molecular formula is C21H15Cl2N7. The van der Waals surface area contributed by atoms with Crippen LogP contribution in [-0.2, 0) is 0 Å². The van der Waals surface area contributed by atoms with Gasteiger partial charge in [0.15, 0.2) is 11.5 Å². The van der Waals surface area contributed by atoms with Gasteiger partial charge in [-0.15, -0.1) is 0 Å². The normalized spacial score (nSPS) is 10.6. The van der Waals surface area contributed by atoms with E-state index < -0.39 is 0 Å². The van der Waals surface area contributed by atoms with Crippen molar-refractivity contribution in [3.05, 3.63) is 70.6 Å². The second-order valence-corrected chi connectivity index (χ2v) is 7.13. The number of fused-ring (bicyclic) bond motifs is 1. The number of para-hydroxylation sites is 1. The van der Waals surface area contributed by atoms with Crippen molar-refractivity contribution in [2.24, 2.45) is 0 Å². The van der Waals surface area contributed by atoms with Crippen molar-refractivity contribution >= 4 is 45.7 Å². The Balaban J connectivity index is 1.54. The van der Waals surface area contributed by atoms with E-state index in [1.54, 1.807) is 12.1 Å². The monoisotopic (exact) mass is 435 g/mol. The van der Waals surface area contributed by atoms with Gasteiger partial charge in [-0.25, -0.2) is 19.9 Å². The number of hydrogen-bond acceptors (Lipinski definition) is 7. The third-order valence-electron chi connectivity index (χ3n) is 4.27. The standard InChI is InChI=1S/C21H15Cl2N7/c22-13-5-6-15(17(23)9-13)21-29-18-4-2-1-3-16(18)20(30-21)26-8-7-25-19-12-27-14(10-24)11-28-19/h1-6,9,11-12H,7-8H2,(H,25,28)(H,26,29,30). The smallest absolute Gasteiger partial charge is 0.163 e. The van der Waals surface area contributed by atoms with Crippen LogP contribution in [0.4, 0.5) is 11.6 Å². The second kappa shape index (κ2) is 8.91. The number of halogens is 2. The van der Waals surface area contributed by atoms with E-state index in [0.717, 1.165) is 10.9 Å². The lowest BCUT2D eigenvalue weighted by atomic mass is 10.2. The molecule has 0 saturated carbocycles. The number of nitriles is 1. The maximum absolute atomic E-state index is 8.78. The third kappa shape index (κ3) is 4.40. The lowest BCUT2D eigenvalue weighted by molar-refractivity contribution is 1.03. The predicted molar refractivity (Wildman–Crippen MR) is 119 cm³/mol. The van der Waals surface area contributed by atoms with Crippen LogP contribution in [0.2, 0.25) is 10.0 Å². The summed E-state index contributed by atoms with van der Waals surface area (Å²) in [4.78, 5) is 17.5. The minimum atomic E-state index is 0.277. The average Bonchev–Trinajstić information content (AvgIpc) is 2.77. The van der Waals surface area contributed by atoms with Crippen molar-refractivity contribution in [3.63, 3.8) is 0 Å². The van der Waals surface area contributed by atoms with E-state index in [4.69, 9.17) is 28.5 Å². The molecule has 0 unspecified atom stereocenters. The van der Waals surface area contributed by atoms with Crippen LogP contribution in [0.25, 0.3) is 22.3 Å². The van der Waals surface area contributed by atoms with E-state index in [-0.39, 0.29) is 5.69 Å². The lowest BCUT2D eigenvalue weighted by Crippen LogP contribution is -2.15. The van der Waals surface area contributed by atoms with Gasteiger partial charge in [-0.2, -0.15) is 5.26 Å². The molecule has 0 atom stereocenters. The van der Waals surface area contributed by atoms with Crippen LogP contribution in [0.3, 0.4) is 0 Å². The number of hydrogen-bond donors (Lipinski definition) is 2. The first-order chi connectivity index (χ1) is 14.6. The summed E-state index contributed by atoms with van der Waals surface area (Å²) in [5.41, 5.74) is 1.79. The summed E-state index contributed by atoms with van der Waals surface area (Å²) in [7, 11) is 0. The molecule has 2 aromatic heterocycles. The Bertz CT molecular complexity index is 1240. The molecule has 2 aromatic carbocycles. The Morgan fingerprint density at radius 1 is 0.933 bits per heavy atom. The number of nitrogens with zero attached hydrogens (tertiary/aromatic N) is 5. The molecule has 0 aliphatic carbocycles. The number of anilines is 2. The fraction of sp³-hybridized carbons (Fsp3) is 0.0952. The van der Waals surface area contributed by atoms with Crippen molar-refractivity contribution in [2.75, 3.05) is 23.7 Å². The zero-order chi connectivity index (χ0) is 20.9. The van der Waals surface area contributed by atoms with E-state index in [1.807, 2.05) is 36.4 Å². The van der Waals surface area contributed by atoms with E-state index >= 15 is 0 Å². The molecule has 0 aliphatic rings. The maximum Gasteiger partial charge on any atom is 0.163 e. The van der Waals surface area contributed by atoms with E-state index in [9.17, 15) is 0 Å². The van der Waals surface area contributed by atoms with Gasteiger partial charge in [-0.05, 0) is 30.3 Å². The molecule has 4 aromatic rings. The minimum absolute atomic E-state index is 0.277. The maximum atomic E-state index is 8.78. The molecule has 148 valence electrons. The van der Waals surface area contributed by atoms with E-state index in [2.05, 4.69) is 30.6 Å². The SMILES string of the molecule is N#Cc1cnc(NCCNc2nc(-c3ccc(Cl)cc3Cl)nc3ccccc23)cn1. The van der Waals surface area contributed by atoms with Crippen molar-refractivity contribution < 1.29 is 0 Å². The number of aromatic nitrogens is 4. The van der Waals surface area contributed by atoms with Crippen molar-refractivity contribution in [1.82, 2.24) is 19.9 Å².